The van der Waals surface area contributed by atoms with E-state index in [1.54, 1.807) is 0 Å². The molecule has 2 rings (SSSR count). The van der Waals surface area contributed by atoms with Gasteiger partial charge in [0.05, 0.1) is 30.6 Å². The molecule has 1 heterocycles. The number of aromatic amines is 2. The predicted molar refractivity (Wildman–Crippen MR) is 103 cm³/mol. The summed E-state index contributed by atoms with van der Waals surface area (Å²) < 4.78 is 10.1. The molecule has 14 heteroatoms. The fraction of sp³-hybridized carbons (Fsp3) is 0.267. The number of hydrazone groups is 1. The van der Waals surface area contributed by atoms with Gasteiger partial charge in [-0.2, -0.15) is 10.2 Å². The van der Waals surface area contributed by atoms with Gasteiger partial charge in [-0.15, -0.1) is 0 Å². The zero-order valence-electron chi connectivity index (χ0n) is 15.4. The summed E-state index contributed by atoms with van der Waals surface area (Å²) in [5, 5.41) is 19.7. The van der Waals surface area contributed by atoms with Gasteiger partial charge in [0.1, 0.15) is 0 Å². The van der Waals surface area contributed by atoms with Crippen LogP contribution >= 0.6 is 11.8 Å². The summed E-state index contributed by atoms with van der Waals surface area (Å²) in [6.45, 7) is 1.50. The van der Waals surface area contributed by atoms with Gasteiger partial charge >= 0.3 is 11.4 Å². The second-order valence-corrected chi connectivity index (χ2v) is 6.67. The molecule has 1 unspecified atom stereocenters. The number of hydrogen-bond donors (Lipinski definition) is 3. The van der Waals surface area contributed by atoms with Crippen molar-refractivity contribution in [2.45, 2.75) is 17.2 Å². The van der Waals surface area contributed by atoms with E-state index in [2.05, 4.69) is 20.7 Å². The molecule has 0 aliphatic rings. The van der Waals surface area contributed by atoms with Crippen LogP contribution in [0, 0.1) is 10.1 Å². The Morgan fingerprint density at radius 3 is 2.69 bits per heavy atom. The summed E-state index contributed by atoms with van der Waals surface area (Å²) in [6.07, 6.45) is 1.19. The maximum absolute atomic E-state index is 12.1. The molecule has 0 bridgehead atoms. The average Bonchev–Trinajstić information content (AvgIpc) is 2.68. The number of aromatic nitrogens is 3. The highest BCUT2D eigenvalue weighted by molar-refractivity contribution is 8.00. The van der Waals surface area contributed by atoms with Crippen LogP contribution in [-0.2, 0) is 4.79 Å². The molecule has 0 aliphatic carbocycles. The highest BCUT2D eigenvalue weighted by Crippen LogP contribution is 2.37. The number of nitrogens with one attached hydrogen (secondary N) is 3. The summed E-state index contributed by atoms with van der Waals surface area (Å²) in [5.41, 5.74) is 0.730. The first kappa shape index (κ1) is 21.6. The molecule has 1 atom stereocenters. The number of carbonyl (C=O) groups is 1. The fourth-order valence-electron chi connectivity index (χ4n) is 2.07. The number of methoxy groups -OCH3 is 2. The number of amides is 1. The van der Waals surface area contributed by atoms with Crippen molar-refractivity contribution in [1.29, 1.82) is 0 Å². The third-order valence-electron chi connectivity index (χ3n) is 3.40. The molecule has 1 aromatic heterocycles. The summed E-state index contributed by atoms with van der Waals surface area (Å²) >= 11 is 0.814. The molecule has 1 aromatic carbocycles. The van der Waals surface area contributed by atoms with Crippen LogP contribution in [0.2, 0.25) is 0 Å². The van der Waals surface area contributed by atoms with Crippen molar-refractivity contribution in [2.75, 3.05) is 14.2 Å². The van der Waals surface area contributed by atoms with E-state index >= 15 is 0 Å². The molecule has 13 nitrogen and oxygen atoms in total. The lowest BCUT2D eigenvalue weighted by molar-refractivity contribution is -0.385. The minimum Gasteiger partial charge on any atom is -0.493 e. The Balaban J connectivity index is 2.11. The molecule has 0 radical (unpaired) electrons. The monoisotopic (exact) mass is 424 g/mol. The SMILES string of the molecule is COc1cc(/C=N/NC(=O)C(C)Sc2n[nH]c(=O)[nH]c2=O)cc([N+](=O)[O-])c1OC. The average molecular weight is 424 g/mol. The summed E-state index contributed by atoms with van der Waals surface area (Å²) in [6, 6.07) is 2.66. The number of nitro benzene ring substituents is 1. The van der Waals surface area contributed by atoms with E-state index in [-0.39, 0.29) is 27.8 Å². The standard InChI is InChI=1S/C15H16N6O7S/c1-7(29-14-13(23)17-15(24)20-19-14)12(22)18-16-6-8-4-9(21(25)26)11(28-3)10(5-8)27-2/h4-7H,1-3H3,(H,18,22)(H2,17,20,23,24)/b16-6+. The third kappa shape index (κ3) is 5.41. The zero-order valence-corrected chi connectivity index (χ0v) is 16.2. The molecule has 0 spiro atoms. The summed E-state index contributed by atoms with van der Waals surface area (Å²) in [4.78, 5) is 47.2. The first-order chi connectivity index (χ1) is 13.8. The van der Waals surface area contributed by atoms with Crippen molar-refractivity contribution < 1.29 is 19.2 Å². The van der Waals surface area contributed by atoms with E-state index in [1.807, 2.05) is 4.98 Å². The Kier molecular flexibility index (Phi) is 7.08. The number of H-pyrrole nitrogens is 2. The smallest absolute Gasteiger partial charge is 0.342 e. The molecular formula is C15H16N6O7S. The first-order valence-electron chi connectivity index (χ1n) is 7.85. The van der Waals surface area contributed by atoms with Gasteiger partial charge in [0.25, 0.3) is 11.5 Å². The van der Waals surface area contributed by atoms with Gasteiger partial charge in [0.15, 0.2) is 10.8 Å². The van der Waals surface area contributed by atoms with Gasteiger partial charge in [0, 0.05) is 11.6 Å². The topological polar surface area (TPSA) is 182 Å². The lowest BCUT2D eigenvalue weighted by Crippen LogP contribution is -2.30. The van der Waals surface area contributed by atoms with Gasteiger partial charge in [-0.05, 0) is 13.0 Å². The van der Waals surface area contributed by atoms with E-state index in [1.165, 1.54) is 39.5 Å². The van der Waals surface area contributed by atoms with Crippen LogP contribution in [0.15, 0.2) is 31.8 Å². The Morgan fingerprint density at radius 1 is 1.38 bits per heavy atom. The molecule has 1 amide bonds. The quantitative estimate of drug-likeness (QED) is 0.227. The molecule has 0 aliphatic heterocycles. The van der Waals surface area contributed by atoms with Crippen LogP contribution in [0.1, 0.15) is 12.5 Å². The van der Waals surface area contributed by atoms with E-state index in [0.717, 1.165) is 11.8 Å². The number of hydrogen-bond acceptors (Lipinski definition) is 10. The lowest BCUT2D eigenvalue weighted by Gasteiger charge is -2.09. The van der Waals surface area contributed by atoms with Crippen molar-refractivity contribution in [3.8, 4) is 11.5 Å². The number of nitrogens with zero attached hydrogens (tertiary/aromatic N) is 3. The van der Waals surface area contributed by atoms with Crippen LogP contribution < -0.4 is 26.1 Å². The van der Waals surface area contributed by atoms with Gasteiger partial charge in [-0.1, -0.05) is 11.8 Å². The molecular weight excluding hydrogens is 408 g/mol. The van der Waals surface area contributed by atoms with E-state index in [9.17, 15) is 24.5 Å². The summed E-state index contributed by atoms with van der Waals surface area (Å²) in [5.74, 6) is -0.474. The van der Waals surface area contributed by atoms with Crippen LogP contribution in [0.25, 0.3) is 0 Å². The highest BCUT2D eigenvalue weighted by Gasteiger charge is 2.21. The fourth-order valence-corrected chi connectivity index (χ4v) is 2.83. The predicted octanol–water partition coefficient (Wildman–Crippen LogP) is 0.0145. The minimum absolute atomic E-state index is 0.0395. The van der Waals surface area contributed by atoms with Crippen LogP contribution in [0.4, 0.5) is 5.69 Å². The second-order valence-electron chi connectivity index (χ2n) is 5.34. The van der Waals surface area contributed by atoms with Crippen LogP contribution in [0.5, 0.6) is 11.5 Å². The molecule has 29 heavy (non-hydrogen) atoms. The molecule has 154 valence electrons. The van der Waals surface area contributed by atoms with E-state index in [4.69, 9.17) is 9.47 Å². The Bertz CT molecular complexity index is 1060. The maximum Gasteiger partial charge on any atom is 0.342 e. The maximum atomic E-state index is 12.1. The normalized spacial score (nSPS) is 11.8. The molecule has 3 N–H and O–H groups in total. The van der Waals surface area contributed by atoms with Gasteiger partial charge < -0.3 is 9.47 Å². The number of thioether (sulfide) groups is 1. The minimum atomic E-state index is -0.772. The second kappa shape index (κ2) is 9.50. The van der Waals surface area contributed by atoms with Gasteiger partial charge in [0.2, 0.25) is 5.75 Å². The number of carbonyl (C=O) groups excluding carboxylic acids is 1. The first-order valence-corrected chi connectivity index (χ1v) is 8.73. The van der Waals surface area contributed by atoms with Crippen molar-refractivity contribution in [2.24, 2.45) is 5.10 Å². The Hall–Kier alpha value is -3.68. The molecule has 2 aromatic rings. The van der Waals surface area contributed by atoms with Crippen molar-refractivity contribution >= 4 is 29.6 Å². The zero-order chi connectivity index (χ0) is 21.6. The van der Waals surface area contributed by atoms with Gasteiger partial charge in [-0.25, -0.2) is 15.3 Å². The van der Waals surface area contributed by atoms with Gasteiger partial charge in [-0.3, -0.25) is 24.7 Å². The number of rotatable bonds is 8. The molecule has 0 fully saturated rings. The van der Waals surface area contributed by atoms with Crippen molar-refractivity contribution in [1.82, 2.24) is 20.6 Å². The Morgan fingerprint density at radius 2 is 2.10 bits per heavy atom. The van der Waals surface area contributed by atoms with Crippen LogP contribution in [0.3, 0.4) is 0 Å². The Labute approximate surface area is 166 Å². The lowest BCUT2D eigenvalue weighted by atomic mass is 10.2. The van der Waals surface area contributed by atoms with Crippen molar-refractivity contribution in [3.05, 3.63) is 48.6 Å². The van der Waals surface area contributed by atoms with Crippen molar-refractivity contribution in [3.63, 3.8) is 0 Å². The van der Waals surface area contributed by atoms with E-state index < -0.39 is 27.3 Å². The number of nitro groups is 1. The van der Waals surface area contributed by atoms with Crippen LogP contribution in [-0.4, -0.2) is 51.7 Å². The summed E-state index contributed by atoms with van der Waals surface area (Å²) in [7, 11) is 2.61. The number of benzene rings is 1. The highest BCUT2D eigenvalue weighted by atomic mass is 32.2. The third-order valence-corrected chi connectivity index (χ3v) is 4.47. The largest absolute Gasteiger partial charge is 0.493 e. The molecule has 0 saturated heterocycles. The number of ether oxygens (including phenoxy) is 2. The van der Waals surface area contributed by atoms with E-state index in [0.29, 0.717) is 0 Å². The molecule has 0 saturated carbocycles.